The molecule has 102 valence electrons. The van der Waals surface area contributed by atoms with Crippen LogP contribution in [0.2, 0.25) is 0 Å². The van der Waals surface area contributed by atoms with Crippen molar-refractivity contribution in [2.75, 3.05) is 6.54 Å². The Morgan fingerprint density at radius 3 is 2.29 bits per heavy atom. The smallest absolute Gasteiger partial charge is 0.00966 e. The lowest BCUT2D eigenvalue weighted by Gasteiger charge is -2.39. The maximum absolute atomic E-state index is 3.71. The molecule has 0 aromatic rings. The molecule has 0 aliphatic heterocycles. The van der Waals surface area contributed by atoms with Crippen LogP contribution in [0.4, 0.5) is 0 Å². The van der Waals surface area contributed by atoms with E-state index < -0.39 is 0 Å². The first-order chi connectivity index (χ1) is 7.83. The predicted molar refractivity (Wildman–Crippen MR) is 77.2 cm³/mol. The maximum atomic E-state index is 3.71. The van der Waals surface area contributed by atoms with Gasteiger partial charge in [-0.3, -0.25) is 0 Å². The van der Waals surface area contributed by atoms with Gasteiger partial charge >= 0.3 is 0 Å². The van der Waals surface area contributed by atoms with Crippen LogP contribution in [0.3, 0.4) is 0 Å². The summed E-state index contributed by atoms with van der Waals surface area (Å²) in [5, 5.41) is 3.71. The molecule has 0 aromatic heterocycles. The van der Waals surface area contributed by atoms with E-state index in [-0.39, 0.29) is 5.54 Å². The largest absolute Gasteiger partial charge is 0.312 e. The molecule has 0 heterocycles. The van der Waals surface area contributed by atoms with Crippen LogP contribution < -0.4 is 5.32 Å². The van der Waals surface area contributed by atoms with Crippen LogP contribution in [0.15, 0.2) is 0 Å². The van der Waals surface area contributed by atoms with Crippen LogP contribution in [0.5, 0.6) is 0 Å². The zero-order chi connectivity index (χ0) is 13.1. The first-order valence-electron chi connectivity index (χ1n) is 7.58. The summed E-state index contributed by atoms with van der Waals surface area (Å²) in [5.41, 5.74) is 0.267. The summed E-state index contributed by atoms with van der Waals surface area (Å²) in [6.07, 6.45) is 5.73. The Bertz CT molecular complexity index is 214. The molecule has 0 saturated heterocycles. The average molecular weight is 239 g/mol. The molecule has 1 aliphatic carbocycles. The Morgan fingerprint density at radius 2 is 1.82 bits per heavy atom. The Morgan fingerprint density at radius 1 is 1.18 bits per heavy atom. The van der Waals surface area contributed by atoms with Crippen molar-refractivity contribution in [2.45, 2.75) is 72.8 Å². The molecular weight excluding hydrogens is 206 g/mol. The van der Waals surface area contributed by atoms with Gasteiger partial charge in [-0.1, -0.05) is 33.6 Å². The van der Waals surface area contributed by atoms with Gasteiger partial charge in [-0.25, -0.2) is 0 Å². The maximum Gasteiger partial charge on any atom is 0.00966 e. The second-order valence-electron chi connectivity index (χ2n) is 7.39. The van der Waals surface area contributed by atoms with Gasteiger partial charge in [-0.05, 0) is 63.8 Å². The van der Waals surface area contributed by atoms with E-state index >= 15 is 0 Å². The van der Waals surface area contributed by atoms with Crippen LogP contribution in [0.1, 0.15) is 67.2 Å². The first-order valence-corrected chi connectivity index (χ1v) is 7.58. The Labute approximate surface area is 109 Å². The van der Waals surface area contributed by atoms with Crippen molar-refractivity contribution in [3.63, 3.8) is 0 Å². The van der Waals surface area contributed by atoms with E-state index in [1.807, 2.05) is 0 Å². The Balaban J connectivity index is 2.52. The molecule has 1 N–H and O–H groups in total. The Kier molecular flexibility index (Phi) is 5.50. The molecule has 1 nitrogen and oxygen atoms in total. The summed E-state index contributed by atoms with van der Waals surface area (Å²) in [5.74, 6) is 3.67. The van der Waals surface area contributed by atoms with Gasteiger partial charge in [-0.2, -0.15) is 0 Å². The molecule has 0 aromatic carbocycles. The third-order valence-corrected chi connectivity index (χ3v) is 4.48. The number of hydrogen-bond acceptors (Lipinski definition) is 1. The second kappa shape index (κ2) is 6.22. The highest BCUT2D eigenvalue weighted by molar-refractivity contribution is 4.84. The van der Waals surface area contributed by atoms with E-state index in [2.05, 4.69) is 46.9 Å². The number of rotatable bonds is 4. The summed E-state index contributed by atoms with van der Waals surface area (Å²) in [6, 6.07) is 0. The minimum Gasteiger partial charge on any atom is -0.312 e. The van der Waals surface area contributed by atoms with Crippen molar-refractivity contribution in [3.8, 4) is 0 Å². The highest BCUT2D eigenvalue weighted by atomic mass is 14.9. The van der Waals surface area contributed by atoms with E-state index in [1.54, 1.807) is 0 Å². The highest BCUT2D eigenvalue weighted by Gasteiger charge is 2.31. The van der Waals surface area contributed by atoms with E-state index in [0.717, 1.165) is 23.7 Å². The SMILES string of the molecule is CCC1CCC(CNC(C)(C)C)C(C(C)C)C1. The lowest BCUT2D eigenvalue weighted by atomic mass is 9.69. The molecule has 3 atom stereocenters. The molecule has 1 fully saturated rings. The first kappa shape index (κ1) is 15.0. The monoisotopic (exact) mass is 239 g/mol. The van der Waals surface area contributed by atoms with Gasteiger partial charge in [-0.15, -0.1) is 0 Å². The van der Waals surface area contributed by atoms with Crippen molar-refractivity contribution >= 4 is 0 Å². The predicted octanol–water partition coefficient (Wildman–Crippen LogP) is 4.47. The van der Waals surface area contributed by atoms with Crippen LogP contribution in [0.25, 0.3) is 0 Å². The van der Waals surface area contributed by atoms with Crippen molar-refractivity contribution in [1.82, 2.24) is 5.32 Å². The summed E-state index contributed by atoms with van der Waals surface area (Å²) < 4.78 is 0. The van der Waals surface area contributed by atoms with Gasteiger partial charge in [0, 0.05) is 5.54 Å². The van der Waals surface area contributed by atoms with Crippen LogP contribution in [-0.2, 0) is 0 Å². The fraction of sp³-hybridized carbons (Fsp3) is 1.00. The standard InChI is InChI=1S/C16H33N/c1-7-13-8-9-14(11-17-16(4,5)6)15(10-13)12(2)3/h12-15,17H,7-11H2,1-6H3. The zero-order valence-electron chi connectivity index (χ0n) is 12.8. The summed E-state index contributed by atoms with van der Waals surface area (Å²) >= 11 is 0. The molecule has 1 rings (SSSR count). The number of hydrogen-bond donors (Lipinski definition) is 1. The lowest BCUT2D eigenvalue weighted by molar-refractivity contribution is 0.124. The minimum atomic E-state index is 0.267. The van der Waals surface area contributed by atoms with Crippen LogP contribution >= 0.6 is 0 Å². The molecule has 0 bridgehead atoms. The molecular formula is C16H33N. The minimum absolute atomic E-state index is 0.267. The summed E-state index contributed by atoms with van der Waals surface area (Å²) in [4.78, 5) is 0. The van der Waals surface area contributed by atoms with Crippen molar-refractivity contribution < 1.29 is 0 Å². The van der Waals surface area contributed by atoms with Crippen LogP contribution in [0, 0.1) is 23.7 Å². The fourth-order valence-corrected chi connectivity index (χ4v) is 3.24. The summed E-state index contributed by atoms with van der Waals surface area (Å²) in [6.45, 7) is 15.2. The Hall–Kier alpha value is -0.0400. The molecule has 17 heavy (non-hydrogen) atoms. The van der Waals surface area contributed by atoms with E-state index in [9.17, 15) is 0 Å². The van der Waals surface area contributed by atoms with Crippen molar-refractivity contribution in [2.24, 2.45) is 23.7 Å². The molecule has 1 aliphatic rings. The lowest BCUT2D eigenvalue weighted by Crippen LogP contribution is -2.43. The van der Waals surface area contributed by atoms with Gasteiger partial charge in [0.2, 0.25) is 0 Å². The molecule has 0 radical (unpaired) electrons. The average Bonchev–Trinajstić information content (AvgIpc) is 2.25. The van der Waals surface area contributed by atoms with Crippen molar-refractivity contribution in [3.05, 3.63) is 0 Å². The van der Waals surface area contributed by atoms with Gasteiger partial charge in [0.1, 0.15) is 0 Å². The highest BCUT2D eigenvalue weighted by Crippen LogP contribution is 2.39. The fourth-order valence-electron chi connectivity index (χ4n) is 3.24. The third kappa shape index (κ3) is 4.99. The van der Waals surface area contributed by atoms with Gasteiger partial charge in [0.05, 0.1) is 0 Å². The normalized spacial score (nSPS) is 30.9. The topological polar surface area (TPSA) is 12.0 Å². The molecule has 0 amide bonds. The number of nitrogens with one attached hydrogen (secondary N) is 1. The van der Waals surface area contributed by atoms with E-state index in [4.69, 9.17) is 0 Å². The summed E-state index contributed by atoms with van der Waals surface area (Å²) in [7, 11) is 0. The zero-order valence-corrected chi connectivity index (χ0v) is 12.8. The second-order valence-corrected chi connectivity index (χ2v) is 7.39. The molecule has 1 saturated carbocycles. The third-order valence-electron chi connectivity index (χ3n) is 4.48. The van der Waals surface area contributed by atoms with Gasteiger partial charge in [0.25, 0.3) is 0 Å². The van der Waals surface area contributed by atoms with Crippen molar-refractivity contribution in [1.29, 1.82) is 0 Å². The van der Waals surface area contributed by atoms with Crippen LogP contribution in [-0.4, -0.2) is 12.1 Å². The van der Waals surface area contributed by atoms with Gasteiger partial charge < -0.3 is 5.32 Å². The van der Waals surface area contributed by atoms with Gasteiger partial charge in [0.15, 0.2) is 0 Å². The molecule has 0 spiro atoms. The molecule has 3 unspecified atom stereocenters. The molecule has 1 heteroatoms. The quantitative estimate of drug-likeness (QED) is 0.763. The van der Waals surface area contributed by atoms with E-state index in [0.29, 0.717) is 0 Å². The van der Waals surface area contributed by atoms with E-state index in [1.165, 1.54) is 32.2 Å².